The number of anilines is 1. The molecule has 1 N–H and O–H groups in total. The number of carbonyl (C=O) groups is 2. The molecule has 37 heavy (non-hydrogen) atoms. The van der Waals surface area contributed by atoms with E-state index in [1.165, 1.54) is 23.3 Å². The molecule has 1 unspecified atom stereocenters. The van der Waals surface area contributed by atoms with Crippen molar-refractivity contribution in [3.8, 4) is 11.5 Å². The molecule has 1 amide bonds. The van der Waals surface area contributed by atoms with E-state index in [0.717, 1.165) is 19.3 Å². The highest BCUT2D eigenvalue weighted by Crippen LogP contribution is 2.43. The number of Topliss-reactive ketones (excluding diaryl/α,β-unsaturated/α-hetero) is 1. The molecule has 0 spiro atoms. The van der Waals surface area contributed by atoms with Crippen molar-refractivity contribution >= 4 is 39.1 Å². The maximum absolute atomic E-state index is 13.8. The lowest BCUT2D eigenvalue weighted by Crippen LogP contribution is -2.30. The first kappa shape index (κ1) is 24.6. The second kappa shape index (κ2) is 10.5. The van der Waals surface area contributed by atoms with E-state index in [1.807, 2.05) is 0 Å². The number of ketones is 1. The number of rotatable bonds is 10. The van der Waals surface area contributed by atoms with Gasteiger partial charge in [-0.1, -0.05) is 44.0 Å². The number of aliphatic hydroxyl groups is 1. The third kappa shape index (κ3) is 4.58. The Bertz CT molecular complexity index is 1460. The lowest BCUT2D eigenvalue weighted by Gasteiger charge is -2.24. The highest BCUT2D eigenvalue weighted by atomic mass is 32.1. The van der Waals surface area contributed by atoms with Gasteiger partial charge in [-0.25, -0.2) is 4.98 Å². The van der Waals surface area contributed by atoms with Gasteiger partial charge in [0, 0.05) is 17.0 Å². The molecule has 0 saturated carbocycles. The topological polar surface area (TPSA) is 102 Å². The van der Waals surface area contributed by atoms with Crippen LogP contribution in [0.5, 0.6) is 11.5 Å². The number of para-hydroxylation sites is 1. The predicted molar refractivity (Wildman–Crippen MR) is 141 cm³/mol. The Morgan fingerprint density at radius 1 is 1.19 bits per heavy atom. The Balaban J connectivity index is 1.53. The van der Waals surface area contributed by atoms with E-state index in [-0.39, 0.29) is 11.3 Å². The summed E-state index contributed by atoms with van der Waals surface area (Å²) in [4.78, 5) is 32.6. The Labute approximate surface area is 217 Å². The van der Waals surface area contributed by atoms with Crippen molar-refractivity contribution in [1.82, 2.24) is 4.98 Å². The van der Waals surface area contributed by atoms with Crippen LogP contribution in [0.2, 0.25) is 0 Å². The van der Waals surface area contributed by atoms with Crippen LogP contribution in [0.15, 0.2) is 75.9 Å². The zero-order valence-corrected chi connectivity index (χ0v) is 21.3. The van der Waals surface area contributed by atoms with Crippen molar-refractivity contribution in [2.24, 2.45) is 0 Å². The first-order valence-electron chi connectivity index (χ1n) is 12.0. The van der Waals surface area contributed by atoms with E-state index < -0.39 is 23.5 Å². The monoisotopic (exact) mass is 518 g/mol. The van der Waals surface area contributed by atoms with Crippen molar-refractivity contribution < 1.29 is 28.6 Å². The van der Waals surface area contributed by atoms with Crippen molar-refractivity contribution in [3.63, 3.8) is 0 Å². The van der Waals surface area contributed by atoms with Crippen LogP contribution >= 0.6 is 11.3 Å². The normalized spacial score (nSPS) is 15.6. The summed E-state index contributed by atoms with van der Waals surface area (Å²) in [6, 6.07) is 13.2. The minimum atomic E-state index is -0.893. The van der Waals surface area contributed by atoms with Gasteiger partial charge in [0.2, 0.25) is 5.78 Å². The van der Waals surface area contributed by atoms with Gasteiger partial charge in [0.25, 0.3) is 5.91 Å². The molecule has 0 fully saturated rings. The highest BCUT2D eigenvalue weighted by Gasteiger charge is 2.46. The van der Waals surface area contributed by atoms with Crippen molar-refractivity contribution in [2.45, 2.75) is 32.2 Å². The number of amides is 1. The van der Waals surface area contributed by atoms with Gasteiger partial charge in [-0.2, -0.15) is 0 Å². The summed E-state index contributed by atoms with van der Waals surface area (Å²) in [6.07, 6.45) is 4.73. The fourth-order valence-corrected chi connectivity index (χ4v) is 5.08. The molecule has 1 atom stereocenters. The number of ether oxygens (including phenoxy) is 2. The summed E-state index contributed by atoms with van der Waals surface area (Å²) in [5.74, 6) is -0.749. The number of nitrogens with zero attached hydrogens (tertiary/aromatic N) is 2. The van der Waals surface area contributed by atoms with E-state index in [9.17, 15) is 14.7 Å². The molecule has 2 aromatic carbocycles. The number of carbonyl (C=O) groups excluding carboxylic acids is 2. The quantitative estimate of drug-likeness (QED) is 0.196. The fourth-order valence-electron chi connectivity index (χ4n) is 4.41. The minimum absolute atomic E-state index is 0.00397. The number of benzene rings is 2. The van der Waals surface area contributed by atoms with E-state index >= 15 is 0 Å². The summed E-state index contributed by atoms with van der Waals surface area (Å²) >= 11 is 1.24. The summed E-state index contributed by atoms with van der Waals surface area (Å²) in [6.45, 7) is 2.75. The number of aromatic nitrogens is 1. The Morgan fingerprint density at radius 3 is 2.70 bits per heavy atom. The molecule has 190 valence electrons. The maximum atomic E-state index is 13.8. The third-order valence-electron chi connectivity index (χ3n) is 6.24. The number of methoxy groups -OCH3 is 1. The number of fused-ring (bicyclic) bond motifs is 1. The average Bonchev–Trinajstić information content (AvgIpc) is 3.65. The Kier molecular flexibility index (Phi) is 6.96. The molecule has 1 aliphatic heterocycles. The van der Waals surface area contributed by atoms with Gasteiger partial charge in [0.1, 0.15) is 5.75 Å². The van der Waals surface area contributed by atoms with E-state index in [2.05, 4.69) is 11.9 Å². The highest BCUT2D eigenvalue weighted by molar-refractivity contribution is 7.13. The summed E-state index contributed by atoms with van der Waals surface area (Å²) in [5, 5.41) is 13.7. The molecular weight excluding hydrogens is 492 g/mol. The van der Waals surface area contributed by atoms with Crippen molar-refractivity contribution in [1.29, 1.82) is 0 Å². The summed E-state index contributed by atoms with van der Waals surface area (Å²) < 4.78 is 17.0. The van der Waals surface area contributed by atoms with Crippen molar-refractivity contribution in [2.75, 3.05) is 18.6 Å². The number of furan rings is 1. The fraction of sp³-hybridized carbons (Fsp3) is 0.250. The molecule has 4 aromatic rings. The van der Waals surface area contributed by atoms with Crippen LogP contribution in [0.4, 0.5) is 5.13 Å². The molecule has 0 radical (unpaired) electrons. The van der Waals surface area contributed by atoms with Crippen LogP contribution in [0.1, 0.15) is 48.3 Å². The van der Waals surface area contributed by atoms with Gasteiger partial charge < -0.3 is 19.0 Å². The maximum Gasteiger partial charge on any atom is 0.296 e. The van der Waals surface area contributed by atoms with E-state index in [0.29, 0.717) is 39.8 Å². The molecule has 0 bridgehead atoms. The second-order valence-corrected chi connectivity index (χ2v) is 9.47. The first-order chi connectivity index (χ1) is 18.0. The lowest BCUT2D eigenvalue weighted by atomic mass is 9.95. The molecule has 1 aliphatic rings. The SMILES string of the molecule is CCCCCOc1ccc(C2C(C(=O)c3cc4cccc(OC)c4o3)=C(O)C(=O)N2c2nccs2)cc1. The predicted octanol–water partition coefficient (Wildman–Crippen LogP) is 6.25. The van der Waals surface area contributed by atoms with Gasteiger partial charge >= 0.3 is 0 Å². The molecule has 8 nitrogen and oxygen atoms in total. The van der Waals surface area contributed by atoms with Gasteiger partial charge in [-0.3, -0.25) is 14.5 Å². The van der Waals surface area contributed by atoms with Crippen LogP contribution in [-0.2, 0) is 4.79 Å². The Hall–Kier alpha value is -4.11. The Morgan fingerprint density at radius 2 is 2.00 bits per heavy atom. The van der Waals surface area contributed by atoms with Crippen LogP contribution in [0, 0.1) is 0 Å². The zero-order chi connectivity index (χ0) is 25.9. The largest absolute Gasteiger partial charge is 0.503 e. The van der Waals surface area contributed by atoms with E-state index in [4.69, 9.17) is 13.9 Å². The molecule has 5 rings (SSSR count). The lowest BCUT2D eigenvalue weighted by molar-refractivity contribution is -0.117. The summed E-state index contributed by atoms with van der Waals surface area (Å²) in [5.41, 5.74) is 0.969. The number of aliphatic hydroxyl groups excluding tert-OH is 1. The minimum Gasteiger partial charge on any atom is -0.503 e. The van der Waals surface area contributed by atoms with E-state index in [1.54, 1.807) is 60.1 Å². The van der Waals surface area contributed by atoms with Gasteiger partial charge in [-0.05, 0) is 36.2 Å². The average molecular weight is 519 g/mol. The molecule has 2 aromatic heterocycles. The van der Waals surface area contributed by atoms with Crippen LogP contribution in [-0.4, -0.2) is 35.5 Å². The van der Waals surface area contributed by atoms with Gasteiger partial charge in [-0.15, -0.1) is 11.3 Å². The number of thiazole rings is 1. The van der Waals surface area contributed by atoms with Crippen LogP contribution < -0.4 is 14.4 Å². The second-order valence-electron chi connectivity index (χ2n) is 8.60. The smallest absolute Gasteiger partial charge is 0.296 e. The third-order valence-corrected chi connectivity index (χ3v) is 7.01. The molecule has 3 heterocycles. The van der Waals surface area contributed by atoms with Crippen LogP contribution in [0.25, 0.3) is 11.0 Å². The summed E-state index contributed by atoms with van der Waals surface area (Å²) in [7, 11) is 1.52. The zero-order valence-electron chi connectivity index (χ0n) is 20.5. The molecular formula is C28H26N2O6S. The van der Waals surface area contributed by atoms with Crippen LogP contribution in [0.3, 0.4) is 0 Å². The molecule has 0 aliphatic carbocycles. The van der Waals surface area contributed by atoms with Gasteiger partial charge in [0.05, 0.1) is 25.3 Å². The number of hydrogen-bond acceptors (Lipinski definition) is 8. The van der Waals surface area contributed by atoms with Crippen molar-refractivity contribution in [3.05, 3.63) is 82.8 Å². The molecule has 9 heteroatoms. The first-order valence-corrected chi connectivity index (χ1v) is 12.9. The number of hydrogen-bond donors (Lipinski definition) is 1. The van der Waals surface area contributed by atoms with Gasteiger partial charge in [0.15, 0.2) is 28.0 Å². The molecule has 0 saturated heterocycles. The number of unbranched alkanes of at least 4 members (excludes halogenated alkanes) is 2. The standard InChI is InChI=1S/C28H26N2O6S/c1-3-4-5-14-35-19-11-9-17(10-12-19)23-22(25(32)27(33)30(23)28-29-13-15-37-28)24(31)21-16-18-7-6-8-20(34-2)26(18)36-21/h6-13,15-16,23,32H,3-5,14H2,1-2H3.